The summed E-state index contributed by atoms with van der Waals surface area (Å²) in [5, 5.41) is 2.42. The highest BCUT2D eigenvalue weighted by Crippen LogP contribution is 2.36. The van der Waals surface area contributed by atoms with Gasteiger partial charge in [-0.3, -0.25) is 4.79 Å². The zero-order valence-corrected chi connectivity index (χ0v) is 16.4. The third-order valence-electron chi connectivity index (χ3n) is 4.43. The van der Waals surface area contributed by atoms with Crippen LogP contribution in [-0.4, -0.2) is 38.6 Å². The molecule has 0 bridgehead atoms. The minimum Gasteiger partial charge on any atom is -0.497 e. The first-order chi connectivity index (χ1) is 13.8. The highest BCUT2D eigenvalue weighted by molar-refractivity contribution is 5.94. The molecule has 0 spiro atoms. The van der Waals surface area contributed by atoms with Crippen LogP contribution < -0.4 is 10.1 Å². The molecule has 0 aliphatic rings. The molecule has 164 valence electrons. The standard InChI is InChI=1S/C20H20F6N2O2/c1-28(2)17(12-4-6-16(30-3)7-5-12)11-27-18(29)13-8-14(19(21,22)23)10-15(9-13)20(24,25)26/h4-10,17H,11H2,1-3H3,(H,27,29). The number of nitrogens with zero attached hydrogens (tertiary/aromatic N) is 1. The van der Waals surface area contributed by atoms with E-state index in [0.717, 1.165) is 5.56 Å². The van der Waals surface area contributed by atoms with Crippen molar-refractivity contribution in [2.75, 3.05) is 27.7 Å². The zero-order valence-electron chi connectivity index (χ0n) is 16.4. The van der Waals surface area contributed by atoms with Gasteiger partial charge in [0, 0.05) is 12.1 Å². The first kappa shape index (κ1) is 23.5. The fourth-order valence-electron chi connectivity index (χ4n) is 2.80. The van der Waals surface area contributed by atoms with E-state index in [1.165, 1.54) is 7.11 Å². The summed E-state index contributed by atoms with van der Waals surface area (Å²) in [5.74, 6) is -0.420. The van der Waals surface area contributed by atoms with Gasteiger partial charge in [-0.05, 0) is 50.0 Å². The van der Waals surface area contributed by atoms with E-state index < -0.39 is 35.0 Å². The van der Waals surface area contributed by atoms with Crippen molar-refractivity contribution in [3.8, 4) is 5.75 Å². The van der Waals surface area contributed by atoms with Crippen LogP contribution in [0.3, 0.4) is 0 Å². The Hall–Kier alpha value is -2.75. The highest BCUT2D eigenvalue weighted by atomic mass is 19.4. The van der Waals surface area contributed by atoms with E-state index in [0.29, 0.717) is 17.9 Å². The average molecular weight is 434 g/mol. The van der Waals surface area contributed by atoms with Gasteiger partial charge in [-0.2, -0.15) is 26.3 Å². The molecule has 2 rings (SSSR count). The normalized spacial score (nSPS) is 13.3. The molecule has 0 saturated carbocycles. The van der Waals surface area contributed by atoms with Crippen LogP contribution in [0.15, 0.2) is 42.5 Å². The Morgan fingerprint density at radius 3 is 1.87 bits per heavy atom. The molecular formula is C20H20F6N2O2. The summed E-state index contributed by atoms with van der Waals surface area (Å²) in [6.07, 6.45) is -10.0. The minimum absolute atomic E-state index is 0.0171. The van der Waals surface area contributed by atoms with E-state index in [4.69, 9.17) is 4.74 Å². The fraction of sp³-hybridized carbons (Fsp3) is 0.350. The maximum absolute atomic E-state index is 13.0. The monoisotopic (exact) mass is 434 g/mol. The lowest BCUT2D eigenvalue weighted by Gasteiger charge is -2.25. The number of ether oxygens (including phenoxy) is 1. The Kier molecular flexibility index (Phi) is 7.02. The van der Waals surface area contributed by atoms with Crippen LogP contribution in [-0.2, 0) is 12.4 Å². The van der Waals surface area contributed by atoms with Crippen LogP contribution in [0.5, 0.6) is 5.75 Å². The zero-order chi connectivity index (χ0) is 22.7. The third kappa shape index (κ3) is 5.88. The molecule has 0 aliphatic carbocycles. The summed E-state index contributed by atoms with van der Waals surface area (Å²) in [5.41, 5.74) is -3.02. The molecule has 1 atom stereocenters. The van der Waals surface area contributed by atoms with E-state index in [-0.39, 0.29) is 18.7 Å². The number of hydrogen-bond acceptors (Lipinski definition) is 3. The SMILES string of the molecule is COc1ccc(C(CNC(=O)c2cc(C(F)(F)F)cc(C(F)(F)F)c2)N(C)C)cc1. The third-order valence-corrected chi connectivity index (χ3v) is 4.43. The van der Waals surface area contributed by atoms with Crippen molar-refractivity contribution in [3.05, 3.63) is 64.7 Å². The molecule has 0 aliphatic heterocycles. The number of methoxy groups -OCH3 is 1. The molecule has 1 N–H and O–H groups in total. The number of alkyl halides is 6. The van der Waals surface area contributed by atoms with Gasteiger partial charge in [0.2, 0.25) is 0 Å². The molecule has 1 unspecified atom stereocenters. The highest BCUT2D eigenvalue weighted by Gasteiger charge is 2.37. The van der Waals surface area contributed by atoms with E-state index >= 15 is 0 Å². The first-order valence-corrected chi connectivity index (χ1v) is 8.71. The largest absolute Gasteiger partial charge is 0.497 e. The Bertz CT molecular complexity index is 844. The number of carbonyl (C=O) groups excluding carboxylic acids is 1. The van der Waals surface area contributed by atoms with Gasteiger partial charge < -0.3 is 15.0 Å². The van der Waals surface area contributed by atoms with Crippen molar-refractivity contribution in [1.29, 1.82) is 0 Å². The number of likely N-dealkylation sites (N-methyl/N-ethyl adjacent to an activating group) is 1. The number of halogens is 6. The second-order valence-electron chi connectivity index (χ2n) is 6.76. The van der Waals surface area contributed by atoms with E-state index in [9.17, 15) is 31.1 Å². The van der Waals surface area contributed by atoms with E-state index in [2.05, 4.69) is 5.32 Å². The molecule has 0 saturated heterocycles. The lowest BCUT2D eigenvalue weighted by Crippen LogP contribution is -2.34. The van der Waals surface area contributed by atoms with Crippen molar-refractivity contribution in [2.24, 2.45) is 0 Å². The van der Waals surface area contributed by atoms with Crippen LogP contribution in [0.4, 0.5) is 26.3 Å². The molecular weight excluding hydrogens is 414 g/mol. The van der Waals surface area contributed by atoms with Crippen molar-refractivity contribution in [1.82, 2.24) is 10.2 Å². The van der Waals surface area contributed by atoms with E-state index in [1.807, 2.05) is 0 Å². The van der Waals surface area contributed by atoms with Crippen molar-refractivity contribution >= 4 is 5.91 Å². The lowest BCUT2D eigenvalue weighted by atomic mass is 10.0. The summed E-state index contributed by atoms with van der Waals surface area (Å²) in [6.45, 7) is -0.0320. The predicted molar refractivity (Wildman–Crippen MR) is 98.2 cm³/mol. The topological polar surface area (TPSA) is 41.6 Å². The summed E-state index contributed by atoms with van der Waals surface area (Å²) in [4.78, 5) is 14.1. The Labute approximate surface area is 169 Å². The maximum atomic E-state index is 13.0. The fourth-order valence-corrected chi connectivity index (χ4v) is 2.80. The predicted octanol–water partition coefficient (Wildman–Crippen LogP) is 4.77. The molecule has 0 fully saturated rings. The van der Waals surface area contributed by atoms with Crippen LogP contribution in [0, 0.1) is 0 Å². The van der Waals surface area contributed by atoms with Gasteiger partial charge in [0.25, 0.3) is 5.91 Å². The molecule has 0 radical (unpaired) electrons. The van der Waals surface area contributed by atoms with Crippen LogP contribution in [0.2, 0.25) is 0 Å². The van der Waals surface area contributed by atoms with E-state index in [1.54, 1.807) is 43.3 Å². The van der Waals surface area contributed by atoms with Gasteiger partial charge >= 0.3 is 12.4 Å². The van der Waals surface area contributed by atoms with Gasteiger partial charge in [0.15, 0.2) is 0 Å². The maximum Gasteiger partial charge on any atom is 0.416 e. The Morgan fingerprint density at radius 1 is 0.967 bits per heavy atom. The van der Waals surface area contributed by atoms with Crippen LogP contribution in [0.25, 0.3) is 0 Å². The molecule has 0 heterocycles. The van der Waals surface area contributed by atoms with Crippen LogP contribution in [0.1, 0.15) is 33.1 Å². The number of hydrogen-bond donors (Lipinski definition) is 1. The molecule has 2 aromatic rings. The number of benzene rings is 2. The molecule has 4 nitrogen and oxygen atoms in total. The smallest absolute Gasteiger partial charge is 0.416 e. The van der Waals surface area contributed by atoms with Gasteiger partial charge in [0.05, 0.1) is 24.3 Å². The summed E-state index contributed by atoms with van der Waals surface area (Å²) in [7, 11) is 4.96. The summed E-state index contributed by atoms with van der Waals surface area (Å²) in [6, 6.07) is 7.34. The Morgan fingerprint density at radius 2 is 1.47 bits per heavy atom. The second kappa shape index (κ2) is 8.95. The van der Waals surface area contributed by atoms with Crippen LogP contribution >= 0.6 is 0 Å². The van der Waals surface area contributed by atoms with Gasteiger partial charge in [-0.1, -0.05) is 12.1 Å². The van der Waals surface area contributed by atoms with Crippen molar-refractivity contribution in [3.63, 3.8) is 0 Å². The molecule has 30 heavy (non-hydrogen) atoms. The second-order valence-corrected chi connectivity index (χ2v) is 6.76. The van der Waals surface area contributed by atoms with Crippen molar-refractivity contribution < 1.29 is 35.9 Å². The average Bonchev–Trinajstić information content (AvgIpc) is 2.66. The summed E-state index contributed by atoms with van der Waals surface area (Å²) >= 11 is 0. The van der Waals surface area contributed by atoms with Gasteiger partial charge in [-0.15, -0.1) is 0 Å². The van der Waals surface area contributed by atoms with Gasteiger partial charge in [-0.25, -0.2) is 0 Å². The van der Waals surface area contributed by atoms with Gasteiger partial charge in [0.1, 0.15) is 5.75 Å². The number of rotatable bonds is 6. The minimum atomic E-state index is -5.02. The molecule has 1 amide bonds. The van der Waals surface area contributed by atoms with Crippen molar-refractivity contribution in [2.45, 2.75) is 18.4 Å². The molecule has 2 aromatic carbocycles. The lowest BCUT2D eigenvalue weighted by molar-refractivity contribution is -0.143. The molecule has 10 heteroatoms. The first-order valence-electron chi connectivity index (χ1n) is 8.71. The number of amides is 1. The number of nitrogens with one attached hydrogen (secondary N) is 1. The summed E-state index contributed by atoms with van der Waals surface area (Å²) < 4.78 is 83.0. The quantitative estimate of drug-likeness (QED) is 0.667. The molecule has 0 aromatic heterocycles. The number of carbonyl (C=O) groups is 1. The Balaban J connectivity index is 2.26.